The molecule has 2 heterocycles. The number of oxazole rings is 1. The van der Waals surface area contributed by atoms with Crippen molar-refractivity contribution in [3.63, 3.8) is 0 Å². The minimum Gasteiger partial charge on any atom is -0.436 e. The van der Waals surface area contributed by atoms with Crippen LogP contribution in [0.5, 0.6) is 0 Å². The number of sulfonamides is 1. The summed E-state index contributed by atoms with van der Waals surface area (Å²) in [5, 5.41) is 0. The van der Waals surface area contributed by atoms with Crippen LogP contribution in [-0.4, -0.2) is 44.0 Å². The van der Waals surface area contributed by atoms with Gasteiger partial charge in [-0.15, -0.1) is 0 Å². The highest BCUT2D eigenvalue weighted by molar-refractivity contribution is 7.89. The van der Waals surface area contributed by atoms with Gasteiger partial charge in [-0.05, 0) is 35.4 Å². The van der Waals surface area contributed by atoms with Crippen molar-refractivity contribution >= 4 is 10.0 Å². The summed E-state index contributed by atoms with van der Waals surface area (Å²) in [6, 6.07) is 24.9. The van der Waals surface area contributed by atoms with Gasteiger partial charge in [0.05, 0.1) is 24.3 Å². The van der Waals surface area contributed by atoms with Crippen LogP contribution in [0.25, 0.3) is 33.9 Å². The Hall–Kier alpha value is -3.26. The summed E-state index contributed by atoms with van der Waals surface area (Å²) in [7, 11) is -3.52. The Kier molecular flexibility index (Phi) is 5.61. The maximum absolute atomic E-state index is 12.8. The number of ether oxygens (including phenoxy) is 1. The molecule has 1 fully saturated rings. The van der Waals surface area contributed by atoms with Gasteiger partial charge in [0.1, 0.15) is 0 Å². The van der Waals surface area contributed by atoms with E-state index in [9.17, 15) is 8.42 Å². The summed E-state index contributed by atoms with van der Waals surface area (Å²) in [6.07, 6.45) is 1.69. The molecule has 0 atom stereocenters. The Morgan fingerprint density at radius 1 is 0.719 bits per heavy atom. The van der Waals surface area contributed by atoms with Gasteiger partial charge in [-0.1, -0.05) is 54.6 Å². The molecule has 0 bridgehead atoms. The van der Waals surface area contributed by atoms with Crippen molar-refractivity contribution in [2.45, 2.75) is 4.90 Å². The smallest absolute Gasteiger partial charge is 0.243 e. The van der Waals surface area contributed by atoms with Gasteiger partial charge in [-0.25, -0.2) is 13.4 Å². The molecule has 7 heteroatoms. The van der Waals surface area contributed by atoms with Crippen molar-refractivity contribution in [3.05, 3.63) is 85.1 Å². The van der Waals surface area contributed by atoms with E-state index in [0.29, 0.717) is 38.0 Å². The maximum Gasteiger partial charge on any atom is 0.243 e. The van der Waals surface area contributed by atoms with Gasteiger partial charge in [0.2, 0.25) is 15.9 Å². The second kappa shape index (κ2) is 8.70. The van der Waals surface area contributed by atoms with Gasteiger partial charge >= 0.3 is 0 Å². The molecule has 3 aromatic carbocycles. The normalized spacial score (nSPS) is 15.0. The second-order valence-electron chi connectivity index (χ2n) is 7.51. The van der Waals surface area contributed by atoms with Gasteiger partial charge in [0, 0.05) is 24.2 Å². The molecule has 1 saturated heterocycles. The van der Waals surface area contributed by atoms with E-state index in [2.05, 4.69) is 29.2 Å². The first-order chi connectivity index (χ1) is 15.6. The zero-order chi connectivity index (χ0) is 22.0. The van der Waals surface area contributed by atoms with Crippen molar-refractivity contribution in [1.82, 2.24) is 9.29 Å². The van der Waals surface area contributed by atoms with Crippen LogP contribution in [0.1, 0.15) is 0 Å². The van der Waals surface area contributed by atoms with Crippen LogP contribution >= 0.6 is 0 Å². The molecule has 0 saturated carbocycles. The zero-order valence-corrected chi connectivity index (χ0v) is 18.2. The molecule has 1 aromatic heterocycles. The van der Waals surface area contributed by atoms with Crippen molar-refractivity contribution in [2.75, 3.05) is 26.3 Å². The van der Waals surface area contributed by atoms with E-state index >= 15 is 0 Å². The van der Waals surface area contributed by atoms with Gasteiger partial charge < -0.3 is 9.15 Å². The molecule has 1 aliphatic heterocycles. The van der Waals surface area contributed by atoms with Crippen LogP contribution in [0.3, 0.4) is 0 Å². The highest BCUT2D eigenvalue weighted by Crippen LogP contribution is 2.29. The van der Waals surface area contributed by atoms with E-state index in [-0.39, 0.29) is 4.90 Å². The number of morpholine rings is 1. The van der Waals surface area contributed by atoms with Crippen LogP contribution in [0, 0.1) is 0 Å². The molecule has 0 radical (unpaired) electrons. The van der Waals surface area contributed by atoms with Crippen LogP contribution in [0.2, 0.25) is 0 Å². The monoisotopic (exact) mass is 446 g/mol. The van der Waals surface area contributed by atoms with Crippen molar-refractivity contribution in [3.8, 4) is 33.9 Å². The van der Waals surface area contributed by atoms with Crippen LogP contribution in [0.4, 0.5) is 0 Å². The molecule has 0 unspecified atom stereocenters. The van der Waals surface area contributed by atoms with Crippen molar-refractivity contribution in [1.29, 1.82) is 0 Å². The Balaban J connectivity index is 1.34. The fraction of sp³-hybridized carbons (Fsp3) is 0.160. The summed E-state index contributed by atoms with van der Waals surface area (Å²) in [5.41, 5.74) is 3.93. The molecule has 6 nitrogen and oxygen atoms in total. The second-order valence-corrected chi connectivity index (χ2v) is 9.45. The van der Waals surface area contributed by atoms with E-state index in [0.717, 1.165) is 22.3 Å². The summed E-state index contributed by atoms with van der Waals surface area (Å²) in [4.78, 5) is 4.64. The van der Waals surface area contributed by atoms with E-state index < -0.39 is 10.0 Å². The maximum atomic E-state index is 12.8. The summed E-state index contributed by atoms with van der Waals surface area (Å²) in [5.74, 6) is 1.10. The van der Waals surface area contributed by atoms with Crippen LogP contribution in [-0.2, 0) is 14.8 Å². The predicted octanol–water partition coefficient (Wildman–Crippen LogP) is 4.70. The fourth-order valence-corrected chi connectivity index (χ4v) is 5.11. The topological polar surface area (TPSA) is 72.6 Å². The predicted molar refractivity (Wildman–Crippen MR) is 122 cm³/mol. The first kappa shape index (κ1) is 20.6. The molecule has 162 valence electrons. The van der Waals surface area contributed by atoms with Gasteiger partial charge in [-0.2, -0.15) is 4.31 Å². The number of hydrogen-bond donors (Lipinski definition) is 0. The quantitative estimate of drug-likeness (QED) is 0.444. The SMILES string of the molecule is O=S(=O)(c1ccc(-c2ncc(-c3ccc(-c4ccccc4)cc3)o2)cc1)N1CCOCC1. The first-order valence-electron chi connectivity index (χ1n) is 10.4. The number of hydrogen-bond acceptors (Lipinski definition) is 5. The van der Waals surface area contributed by atoms with E-state index in [1.54, 1.807) is 30.5 Å². The average Bonchev–Trinajstić information content (AvgIpc) is 3.36. The molecule has 5 rings (SSSR count). The van der Waals surface area contributed by atoms with E-state index in [4.69, 9.17) is 9.15 Å². The van der Waals surface area contributed by atoms with Gasteiger partial charge in [-0.3, -0.25) is 0 Å². The molecule has 0 amide bonds. The molecular weight excluding hydrogens is 424 g/mol. The van der Waals surface area contributed by atoms with Crippen LogP contribution in [0.15, 0.2) is 94.4 Å². The van der Waals surface area contributed by atoms with Crippen LogP contribution < -0.4 is 0 Å². The van der Waals surface area contributed by atoms with Gasteiger partial charge in [0.25, 0.3) is 0 Å². The van der Waals surface area contributed by atoms with E-state index in [1.165, 1.54) is 4.31 Å². The summed E-state index contributed by atoms with van der Waals surface area (Å²) in [6.45, 7) is 1.58. The standard InChI is InChI=1S/C25H22N2O4S/c28-32(29,27-14-16-30-17-15-27)23-12-10-22(11-13-23)25-26-18-24(31-25)21-8-6-20(7-9-21)19-4-2-1-3-5-19/h1-13,18H,14-17H2. The Morgan fingerprint density at radius 3 is 2.00 bits per heavy atom. The Morgan fingerprint density at radius 2 is 1.31 bits per heavy atom. The third-order valence-corrected chi connectivity index (χ3v) is 7.40. The highest BCUT2D eigenvalue weighted by atomic mass is 32.2. The van der Waals surface area contributed by atoms with Crippen molar-refractivity contribution < 1.29 is 17.6 Å². The number of rotatable bonds is 5. The molecule has 0 N–H and O–H groups in total. The third-order valence-electron chi connectivity index (χ3n) is 5.49. The Labute approximate surface area is 187 Å². The van der Waals surface area contributed by atoms with E-state index in [1.807, 2.05) is 30.3 Å². The summed E-state index contributed by atoms with van der Waals surface area (Å²) >= 11 is 0. The lowest BCUT2D eigenvalue weighted by atomic mass is 10.0. The van der Waals surface area contributed by atoms with Gasteiger partial charge in [0.15, 0.2) is 5.76 Å². The lowest BCUT2D eigenvalue weighted by molar-refractivity contribution is 0.0730. The first-order valence-corrected chi connectivity index (χ1v) is 11.9. The molecule has 32 heavy (non-hydrogen) atoms. The fourth-order valence-electron chi connectivity index (χ4n) is 3.70. The molecule has 4 aromatic rings. The molecular formula is C25H22N2O4S. The lowest BCUT2D eigenvalue weighted by Crippen LogP contribution is -2.40. The largest absolute Gasteiger partial charge is 0.436 e. The molecule has 0 aliphatic carbocycles. The lowest BCUT2D eigenvalue weighted by Gasteiger charge is -2.26. The Bertz CT molecular complexity index is 1290. The third kappa shape index (κ3) is 4.10. The minimum atomic E-state index is -3.52. The number of aromatic nitrogens is 1. The number of nitrogens with zero attached hydrogens (tertiary/aromatic N) is 2. The zero-order valence-electron chi connectivity index (χ0n) is 17.3. The number of benzene rings is 3. The molecule has 0 spiro atoms. The minimum absolute atomic E-state index is 0.256. The average molecular weight is 447 g/mol. The van der Waals surface area contributed by atoms with Crippen molar-refractivity contribution in [2.24, 2.45) is 0 Å². The highest BCUT2D eigenvalue weighted by Gasteiger charge is 2.26. The molecule has 1 aliphatic rings. The summed E-state index contributed by atoms with van der Waals surface area (Å²) < 4.78 is 38.2.